The van der Waals surface area contributed by atoms with Crippen LogP contribution in [-0.4, -0.2) is 22.7 Å². The molecule has 27 heavy (non-hydrogen) atoms. The van der Waals surface area contributed by atoms with E-state index < -0.39 is 0 Å². The van der Waals surface area contributed by atoms with Crippen LogP contribution in [0, 0.1) is 24.1 Å². The van der Waals surface area contributed by atoms with Crippen molar-refractivity contribution in [3.05, 3.63) is 72.1 Å². The van der Waals surface area contributed by atoms with E-state index in [1.54, 1.807) is 24.4 Å². The average Bonchev–Trinajstić information content (AvgIpc) is 2.69. The Labute approximate surface area is 157 Å². The molecule has 3 rings (SSSR count). The average molecular weight is 363 g/mol. The predicted molar refractivity (Wildman–Crippen MR) is 98.9 cm³/mol. The lowest BCUT2D eigenvalue weighted by Gasteiger charge is -2.17. The number of aromatic nitrogens is 2. The highest BCUT2D eigenvalue weighted by atomic mass is 19.1. The van der Waals surface area contributed by atoms with Crippen LogP contribution in [0.2, 0.25) is 0 Å². The summed E-state index contributed by atoms with van der Waals surface area (Å²) in [5, 5.41) is 9.11. The summed E-state index contributed by atoms with van der Waals surface area (Å²) in [5.41, 5.74) is 2.59. The van der Waals surface area contributed by atoms with E-state index in [0.717, 1.165) is 11.3 Å². The third-order valence-electron chi connectivity index (χ3n) is 3.83. The van der Waals surface area contributed by atoms with Crippen molar-refractivity contribution in [2.24, 2.45) is 0 Å². The molecule has 0 aliphatic rings. The molecule has 136 valence electrons. The Morgan fingerprint density at radius 2 is 1.89 bits per heavy atom. The fraction of sp³-hybridized carbons (Fsp3) is 0.190. The van der Waals surface area contributed by atoms with Crippen LogP contribution < -0.4 is 9.47 Å². The van der Waals surface area contributed by atoms with Gasteiger partial charge in [0.2, 0.25) is 0 Å². The molecule has 2 heterocycles. The summed E-state index contributed by atoms with van der Waals surface area (Å²) in [6.07, 6.45) is 2.93. The van der Waals surface area contributed by atoms with Crippen molar-refractivity contribution in [2.75, 3.05) is 6.61 Å². The van der Waals surface area contributed by atoms with Gasteiger partial charge in [-0.3, -0.25) is 4.98 Å². The molecule has 0 N–H and O–H groups in total. The molecule has 6 heteroatoms. The largest absolute Gasteiger partial charge is 0.487 e. The molecular weight excluding hydrogens is 345 g/mol. The Morgan fingerprint density at radius 3 is 2.56 bits per heavy atom. The molecule has 1 aromatic carbocycles. The van der Waals surface area contributed by atoms with E-state index in [4.69, 9.17) is 14.7 Å². The van der Waals surface area contributed by atoms with Crippen molar-refractivity contribution in [3.63, 3.8) is 0 Å². The number of nitrogens with zero attached hydrogens (tertiary/aromatic N) is 3. The molecular formula is C21H18FN3O2. The van der Waals surface area contributed by atoms with E-state index in [1.165, 1.54) is 18.3 Å². The van der Waals surface area contributed by atoms with Crippen molar-refractivity contribution in [3.8, 4) is 28.7 Å². The second-order valence-electron chi connectivity index (χ2n) is 6.06. The van der Waals surface area contributed by atoms with Crippen LogP contribution in [0.3, 0.4) is 0 Å². The first-order chi connectivity index (χ1) is 13.0. The van der Waals surface area contributed by atoms with Crippen LogP contribution in [-0.2, 0) is 0 Å². The molecule has 0 aliphatic carbocycles. The van der Waals surface area contributed by atoms with Gasteiger partial charge in [0, 0.05) is 11.3 Å². The quantitative estimate of drug-likeness (QED) is 0.653. The number of rotatable bonds is 6. The Balaban J connectivity index is 1.75. The SMILES string of the molecule is Cc1ccc(OC(C)COc2cnc(C#N)cc2-c2ccc(F)cc2)cn1. The van der Waals surface area contributed by atoms with Gasteiger partial charge in [-0.05, 0) is 49.7 Å². The molecule has 0 amide bonds. The van der Waals surface area contributed by atoms with Crippen molar-refractivity contribution in [1.29, 1.82) is 5.26 Å². The molecule has 5 nitrogen and oxygen atoms in total. The predicted octanol–water partition coefficient (Wildman–Crippen LogP) is 4.31. The molecule has 0 radical (unpaired) electrons. The lowest BCUT2D eigenvalue weighted by atomic mass is 10.1. The lowest BCUT2D eigenvalue weighted by molar-refractivity contribution is 0.143. The molecule has 0 fully saturated rings. The van der Waals surface area contributed by atoms with E-state index in [9.17, 15) is 4.39 Å². The number of benzene rings is 1. The second-order valence-corrected chi connectivity index (χ2v) is 6.06. The van der Waals surface area contributed by atoms with Crippen LogP contribution in [0.4, 0.5) is 4.39 Å². The molecule has 1 atom stereocenters. The lowest BCUT2D eigenvalue weighted by Crippen LogP contribution is -2.21. The van der Waals surface area contributed by atoms with Gasteiger partial charge in [-0.25, -0.2) is 9.37 Å². The Morgan fingerprint density at radius 1 is 1.11 bits per heavy atom. The maximum absolute atomic E-state index is 13.2. The van der Waals surface area contributed by atoms with Gasteiger partial charge in [0.25, 0.3) is 0 Å². The highest BCUT2D eigenvalue weighted by Gasteiger charge is 2.12. The minimum absolute atomic E-state index is 0.230. The molecule has 0 spiro atoms. The number of hydrogen-bond acceptors (Lipinski definition) is 5. The van der Waals surface area contributed by atoms with Gasteiger partial charge in [0.05, 0.1) is 12.4 Å². The molecule has 0 saturated carbocycles. The molecule has 0 saturated heterocycles. The third-order valence-corrected chi connectivity index (χ3v) is 3.83. The Hall–Kier alpha value is -3.46. The summed E-state index contributed by atoms with van der Waals surface area (Å²) in [5.74, 6) is 0.830. The summed E-state index contributed by atoms with van der Waals surface area (Å²) in [7, 11) is 0. The van der Waals surface area contributed by atoms with E-state index in [0.29, 0.717) is 17.1 Å². The topological polar surface area (TPSA) is 68.0 Å². The minimum atomic E-state index is -0.329. The van der Waals surface area contributed by atoms with E-state index in [-0.39, 0.29) is 24.2 Å². The van der Waals surface area contributed by atoms with Crippen LogP contribution in [0.15, 0.2) is 54.9 Å². The van der Waals surface area contributed by atoms with Gasteiger partial charge in [0.15, 0.2) is 0 Å². The molecule has 2 aromatic heterocycles. The van der Waals surface area contributed by atoms with Crippen molar-refractivity contribution in [1.82, 2.24) is 9.97 Å². The maximum Gasteiger partial charge on any atom is 0.145 e. The van der Waals surface area contributed by atoms with E-state index in [2.05, 4.69) is 9.97 Å². The number of aryl methyl sites for hydroxylation is 1. The first-order valence-electron chi connectivity index (χ1n) is 8.43. The van der Waals surface area contributed by atoms with Gasteiger partial charge >= 0.3 is 0 Å². The third kappa shape index (κ3) is 4.79. The van der Waals surface area contributed by atoms with E-state index >= 15 is 0 Å². The fourth-order valence-corrected chi connectivity index (χ4v) is 2.47. The van der Waals surface area contributed by atoms with Gasteiger partial charge < -0.3 is 9.47 Å². The second kappa shape index (κ2) is 8.28. The Bertz CT molecular complexity index is 951. The Kier molecular flexibility index (Phi) is 5.62. The molecule has 1 unspecified atom stereocenters. The zero-order valence-electron chi connectivity index (χ0n) is 15.0. The number of hydrogen-bond donors (Lipinski definition) is 0. The van der Waals surface area contributed by atoms with E-state index in [1.807, 2.05) is 32.0 Å². The minimum Gasteiger partial charge on any atom is -0.487 e. The number of ether oxygens (including phenoxy) is 2. The van der Waals surface area contributed by atoms with Crippen molar-refractivity contribution in [2.45, 2.75) is 20.0 Å². The normalized spacial score (nSPS) is 11.5. The van der Waals surface area contributed by atoms with Crippen molar-refractivity contribution < 1.29 is 13.9 Å². The van der Waals surface area contributed by atoms with Crippen LogP contribution in [0.25, 0.3) is 11.1 Å². The van der Waals surface area contributed by atoms with Gasteiger partial charge in [-0.15, -0.1) is 0 Å². The molecule has 3 aromatic rings. The standard InChI is InChI=1S/C21H18FN3O2/c1-14-3-8-19(11-24-14)27-15(2)13-26-21-12-25-18(10-23)9-20(21)16-4-6-17(22)7-5-16/h3-9,11-12,15H,13H2,1-2H3. The first-order valence-corrected chi connectivity index (χ1v) is 8.43. The van der Waals surface area contributed by atoms with Crippen LogP contribution in [0.1, 0.15) is 18.3 Å². The number of nitriles is 1. The molecule has 0 aliphatic heterocycles. The highest BCUT2D eigenvalue weighted by molar-refractivity contribution is 5.70. The zero-order chi connectivity index (χ0) is 19.2. The van der Waals surface area contributed by atoms with Crippen LogP contribution in [0.5, 0.6) is 11.5 Å². The summed E-state index contributed by atoms with van der Waals surface area (Å²) in [4.78, 5) is 8.25. The smallest absolute Gasteiger partial charge is 0.145 e. The van der Waals surface area contributed by atoms with Gasteiger partial charge in [-0.1, -0.05) is 12.1 Å². The van der Waals surface area contributed by atoms with Gasteiger partial charge in [0.1, 0.15) is 41.8 Å². The maximum atomic E-state index is 13.2. The number of halogens is 1. The van der Waals surface area contributed by atoms with Crippen molar-refractivity contribution >= 4 is 0 Å². The van der Waals surface area contributed by atoms with Crippen LogP contribution >= 0.6 is 0 Å². The van der Waals surface area contributed by atoms with Gasteiger partial charge in [-0.2, -0.15) is 5.26 Å². The highest BCUT2D eigenvalue weighted by Crippen LogP contribution is 2.30. The number of pyridine rings is 2. The monoisotopic (exact) mass is 363 g/mol. The summed E-state index contributed by atoms with van der Waals surface area (Å²) in [6.45, 7) is 4.06. The fourth-order valence-electron chi connectivity index (χ4n) is 2.47. The summed E-state index contributed by atoms with van der Waals surface area (Å²) in [6, 6.07) is 13.4. The molecule has 0 bridgehead atoms. The summed E-state index contributed by atoms with van der Waals surface area (Å²) >= 11 is 0. The summed E-state index contributed by atoms with van der Waals surface area (Å²) < 4.78 is 24.9. The first kappa shape index (κ1) is 18.3. The zero-order valence-corrected chi connectivity index (χ0v) is 15.0.